The molecule has 0 radical (unpaired) electrons. The summed E-state index contributed by atoms with van der Waals surface area (Å²) in [7, 11) is 0. The van der Waals surface area contributed by atoms with E-state index in [2.05, 4.69) is 5.10 Å². The van der Waals surface area contributed by atoms with E-state index in [1.165, 1.54) is 0 Å². The molecule has 0 aliphatic carbocycles. The van der Waals surface area contributed by atoms with Gasteiger partial charge in [0.2, 0.25) is 5.91 Å². The smallest absolute Gasteiger partial charge is 0.224 e. The first-order valence-corrected chi connectivity index (χ1v) is 5.87. The molecule has 0 spiro atoms. The second kappa shape index (κ2) is 5.68. The van der Waals surface area contributed by atoms with E-state index in [-0.39, 0.29) is 5.91 Å². The standard InChI is InChI=1S/C12H21N3O/c1-5-14(6-2)12(16)7-8-15-11(4)9-10(3)13-15/h9H,5-8H2,1-4H3. The average Bonchev–Trinajstić information content (AvgIpc) is 2.56. The molecule has 1 amide bonds. The van der Waals surface area contributed by atoms with E-state index in [0.29, 0.717) is 13.0 Å². The molecule has 1 aromatic rings. The fraction of sp³-hybridized carbons (Fsp3) is 0.667. The molecule has 1 rings (SSSR count). The Labute approximate surface area is 97.2 Å². The van der Waals surface area contributed by atoms with Crippen molar-refractivity contribution < 1.29 is 4.79 Å². The van der Waals surface area contributed by atoms with Crippen molar-refractivity contribution in [2.24, 2.45) is 0 Å². The minimum absolute atomic E-state index is 0.206. The van der Waals surface area contributed by atoms with Crippen LogP contribution >= 0.6 is 0 Å². The van der Waals surface area contributed by atoms with Crippen molar-refractivity contribution in [1.82, 2.24) is 14.7 Å². The molecule has 4 nitrogen and oxygen atoms in total. The second-order valence-corrected chi connectivity index (χ2v) is 3.97. The minimum Gasteiger partial charge on any atom is -0.343 e. The Balaban J connectivity index is 2.51. The Bertz CT molecular complexity index is 353. The van der Waals surface area contributed by atoms with Crippen molar-refractivity contribution in [2.75, 3.05) is 13.1 Å². The van der Waals surface area contributed by atoms with Gasteiger partial charge in [0.05, 0.1) is 5.69 Å². The molecule has 0 bridgehead atoms. The van der Waals surface area contributed by atoms with Gasteiger partial charge in [-0.25, -0.2) is 0 Å². The molecule has 90 valence electrons. The third-order valence-corrected chi connectivity index (χ3v) is 2.76. The van der Waals surface area contributed by atoms with Crippen LogP contribution in [0, 0.1) is 13.8 Å². The number of hydrogen-bond donors (Lipinski definition) is 0. The lowest BCUT2D eigenvalue weighted by molar-refractivity contribution is -0.131. The molecule has 0 aliphatic rings. The zero-order valence-corrected chi connectivity index (χ0v) is 10.7. The number of nitrogens with zero attached hydrogens (tertiary/aromatic N) is 3. The summed E-state index contributed by atoms with van der Waals surface area (Å²) in [5, 5.41) is 4.34. The van der Waals surface area contributed by atoms with Gasteiger partial charge in [0, 0.05) is 31.7 Å². The number of aromatic nitrogens is 2. The average molecular weight is 223 g/mol. The van der Waals surface area contributed by atoms with Crippen LogP contribution in [-0.4, -0.2) is 33.7 Å². The number of rotatable bonds is 5. The van der Waals surface area contributed by atoms with E-state index >= 15 is 0 Å². The molecule has 0 N–H and O–H groups in total. The molecule has 0 saturated carbocycles. The van der Waals surface area contributed by atoms with Crippen LogP contribution in [-0.2, 0) is 11.3 Å². The predicted molar refractivity (Wildman–Crippen MR) is 64.2 cm³/mol. The first-order valence-electron chi connectivity index (χ1n) is 5.87. The Morgan fingerprint density at radius 1 is 1.38 bits per heavy atom. The highest BCUT2D eigenvalue weighted by Crippen LogP contribution is 2.04. The predicted octanol–water partition coefficient (Wildman–Crippen LogP) is 1.76. The maximum Gasteiger partial charge on any atom is 0.224 e. The van der Waals surface area contributed by atoms with Crippen molar-refractivity contribution in [2.45, 2.75) is 40.7 Å². The number of carbonyl (C=O) groups excluding carboxylic acids is 1. The van der Waals surface area contributed by atoms with Crippen LogP contribution in [0.4, 0.5) is 0 Å². The Hall–Kier alpha value is -1.32. The highest BCUT2D eigenvalue weighted by molar-refractivity contribution is 5.75. The summed E-state index contributed by atoms with van der Waals surface area (Å²) >= 11 is 0. The van der Waals surface area contributed by atoms with Gasteiger partial charge in [-0.2, -0.15) is 5.10 Å². The van der Waals surface area contributed by atoms with Gasteiger partial charge in [0.25, 0.3) is 0 Å². The number of amides is 1. The van der Waals surface area contributed by atoms with Gasteiger partial charge in [0.1, 0.15) is 0 Å². The number of carbonyl (C=O) groups is 1. The van der Waals surface area contributed by atoms with E-state index in [1.807, 2.05) is 43.3 Å². The molecule has 0 unspecified atom stereocenters. The number of hydrogen-bond acceptors (Lipinski definition) is 2. The van der Waals surface area contributed by atoms with Crippen molar-refractivity contribution in [3.63, 3.8) is 0 Å². The molecular formula is C12H21N3O. The molecule has 0 atom stereocenters. The normalized spacial score (nSPS) is 10.5. The lowest BCUT2D eigenvalue weighted by Gasteiger charge is -2.18. The molecular weight excluding hydrogens is 202 g/mol. The summed E-state index contributed by atoms with van der Waals surface area (Å²) in [4.78, 5) is 13.6. The lowest BCUT2D eigenvalue weighted by atomic mass is 10.3. The van der Waals surface area contributed by atoms with Crippen LogP contribution in [0.5, 0.6) is 0 Å². The van der Waals surface area contributed by atoms with E-state index in [0.717, 1.165) is 24.5 Å². The maximum atomic E-state index is 11.8. The molecule has 0 fully saturated rings. The van der Waals surface area contributed by atoms with Crippen LogP contribution in [0.1, 0.15) is 31.7 Å². The van der Waals surface area contributed by atoms with Crippen LogP contribution in [0.3, 0.4) is 0 Å². The Kier molecular flexibility index (Phi) is 4.52. The second-order valence-electron chi connectivity index (χ2n) is 3.97. The van der Waals surface area contributed by atoms with Crippen molar-refractivity contribution >= 4 is 5.91 Å². The number of aryl methyl sites for hydroxylation is 3. The fourth-order valence-corrected chi connectivity index (χ4v) is 1.84. The largest absolute Gasteiger partial charge is 0.343 e. The van der Waals surface area contributed by atoms with Crippen molar-refractivity contribution in [3.05, 3.63) is 17.5 Å². The van der Waals surface area contributed by atoms with Crippen LogP contribution in [0.25, 0.3) is 0 Å². The van der Waals surface area contributed by atoms with Gasteiger partial charge in [-0.3, -0.25) is 9.48 Å². The summed E-state index contributed by atoms with van der Waals surface area (Å²) in [5.41, 5.74) is 2.12. The summed E-state index contributed by atoms with van der Waals surface area (Å²) in [5.74, 6) is 0.206. The van der Waals surface area contributed by atoms with Crippen molar-refractivity contribution in [1.29, 1.82) is 0 Å². The Morgan fingerprint density at radius 3 is 2.44 bits per heavy atom. The van der Waals surface area contributed by atoms with E-state index < -0.39 is 0 Å². The van der Waals surface area contributed by atoms with Gasteiger partial charge in [-0.05, 0) is 33.8 Å². The quantitative estimate of drug-likeness (QED) is 0.763. The summed E-state index contributed by atoms with van der Waals surface area (Å²) in [6, 6.07) is 2.03. The van der Waals surface area contributed by atoms with Gasteiger partial charge in [0.15, 0.2) is 0 Å². The van der Waals surface area contributed by atoms with Crippen LogP contribution < -0.4 is 0 Å². The van der Waals surface area contributed by atoms with E-state index in [4.69, 9.17) is 0 Å². The topological polar surface area (TPSA) is 38.1 Å². The van der Waals surface area contributed by atoms with Gasteiger partial charge >= 0.3 is 0 Å². The highest BCUT2D eigenvalue weighted by Gasteiger charge is 2.10. The third kappa shape index (κ3) is 3.08. The first-order chi connectivity index (χ1) is 7.58. The van der Waals surface area contributed by atoms with Crippen molar-refractivity contribution in [3.8, 4) is 0 Å². The van der Waals surface area contributed by atoms with E-state index in [9.17, 15) is 4.79 Å². The zero-order valence-electron chi connectivity index (χ0n) is 10.7. The lowest BCUT2D eigenvalue weighted by Crippen LogP contribution is -2.31. The monoisotopic (exact) mass is 223 g/mol. The molecule has 1 heterocycles. The highest BCUT2D eigenvalue weighted by atomic mass is 16.2. The Morgan fingerprint density at radius 2 is 2.00 bits per heavy atom. The summed E-state index contributed by atoms with van der Waals surface area (Å²) < 4.78 is 1.90. The van der Waals surface area contributed by atoms with Gasteiger partial charge in [-0.1, -0.05) is 0 Å². The fourth-order valence-electron chi connectivity index (χ4n) is 1.84. The third-order valence-electron chi connectivity index (χ3n) is 2.76. The molecule has 0 aromatic carbocycles. The maximum absolute atomic E-state index is 11.8. The summed E-state index contributed by atoms with van der Waals surface area (Å²) in [6.45, 7) is 10.2. The molecule has 0 aliphatic heterocycles. The minimum atomic E-state index is 0.206. The SMILES string of the molecule is CCN(CC)C(=O)CCn1nc(C)cc1C. The first kappa shape index (κ1) is 12.7. The summed E-state index contributed by atoms with van der Waals surface area (Å²) in [6.07, 6.45) is 0.531. The molecule has 1 aromatic heterocycles. The van der Waals surface area contributed by atoms with Crippen LogP contribution in [0.2, 0.25) is 0 Å². The van der Waals surface area contributed by atoms with Crippen LogP contribution in [0.15, 0.2) is 6.07 Å². The zero-order chi connectivity index (χ0) is 12.1. The molecule has 0 saturated heterocycles. The molecule has 16 heavy (non-hydrogen) atoms. The van der Waals surface area contributed by atoms with E-state index in [1.54, 1.807) is 0 Å². The molecule has 4 heteroatoms. The van der Waals surface area contributed by atoms with Gasteiger partial charge < -0.3 is 4.90 Å². The van der Waals surface area contributed by atoms with Gasteiger partial charge in [-0.15, -0.1) is 0 Å².